The minimum absolute atomic E-state index is 0.0390. The number of benzene rings is 1. The summed E-state index contributed by atoms with van der Waals surface area (Å²) >= 11 is 5.93. The predicted octanol–water partition coefficient (Wildman–Crippen LogP) is 3.49. The lowest BCUT2D eigenvalue weighted by atomic mass is 10.2. The lowest BCUT2D eigenvalue weighted by Crippen LogP contribution is -2.16. The molecule has 4 nitrogen and oxygen atoms in total. The van der Waals surface area contributed by atoms with E-state index in [0.717, 1.165) is 22.6 Å². The van der Waals surface area contributed by atoms with Gasteiger partial charge in [0.2, 0.25) is 5.91 Å². The van der Waals surface area contributed by atoms with Crippen molar-refractivity contribution >= 4 is 23.2 Å². The minimum Gasteiger partial charge on any atom is -0.326 e. The fraction of sp³-hybridized carbons (Fsp3) is 0.333. The van der Waals surface area contributed by atoms with Crippen LogP contribution in [0.25, 0.3) is 0 Å². The largest absolute Gasteiger partial charge is 0.326 e. The molecule has 0 atom stereocenters. The quantitative estimate of drug-likeness (QED) is 0.937. The molecule has 1 aromatic carbocycles. The minimum atomic E-state index is -0.0390. The zero-order chi connectivity index (χ0) is 14.7. The first-order valence-electron chi connectivity index (χ1n) is 6.53. The number of nitrogens with one attached hydrogen (secondary N) is 1. The van der Waals surface area contributed by atoms with E-state index >= 15 is 0 Å². The highest BCUT2D eigenvalue weighted by atomic mass is 35.5. The SMILES string of the molecule is Cc1cc(C)n(CCC(=O)Nc2cc(Cl)ccc2C)n1. The molecule has 0 aliphatic carbocycles. The number of aromatic nitrogens is 2. The second-order valence-corrected chi connectivity index (χ2v) is 5.34. The van der Waals surface area contributed by atoms with Crippen molar-refractivity contribution in [3.8, 4) is 0 Å². The number of hydrogen-bond donors (Lipinski definition) is 1. The number of halogens is 1. The molecule has 0 saturated carbocycles. The van der Waals surface area contributed by atoms with Gasteiger partial charge < -0.3 is 5.32 Å². The van der Waals surface area contributed by atoms with E-state index in [9.17, 15) is 4.79 Å². The Hall–Kier alpha value is -1.81. The van der Waals surface area contributed by atoms with Crippen molar-refractivity contribution in [3.05, 3.63) is 46.2 Å². The van der Waals surface area contributed by atoms with Crippen LogP contribution in [0.4, 0.5) is 5.69 Å². The number of rotatable bonds is 4. The molecule has 0 unspecified atom stereocenters. The molecule has 2 rings (SSSR count). The van der Waals surface area contributed by atoms with Crippen LogP contribution in [0.3, 0.4) is 0 Å². The van der Waals surface area contributed by atoms with E-state index in [-0.39, 0.29) is 5.91 Å². The van der Waals surface area contributed by atoms with Gasteiger partial charge in [-0.1, -0.05) is 17.7 Å². The third kappa shape index (κ3) is 3.61. The van der Waals surface area contributed by atoms with Crippen molar-refractivity contribution in [1.82, 2.24) is 9.78 Å². The van der Waals surface area contributed by atoms with Gasteiger partial charge in [-0.2, -0.15) is 5.10 Å². The summed E-state index contributed by atoms with van der Waals surface area (Å²) in [6, 6.07) is 7.46. The van der Waals surface area contributed by atoms with Gasteiger partial charge in [0.15, 0.2) is 0 Å². The van der Waals surface area contributed by atoms with Gasteiger partial charge in [0.05, 0.1) is 5.69 Å². The summed E-state index contributed by atoms with van der Waals surface area (Å²) in [5.74, 6) is -0.0390. The smallest absolute Gasteiger partial charge is 0.226 e. The molecular weight excluding hydrogens is 274 g/mol. The molecule has 1 amide bonds. The van der Waals surface area contributed by atoms with Crippen molar-refractivity contribution < 1.29 is 4.79 Å². The van der Waals surface area contributed by atoms with E-state index in [4.69, 9.17) is 11.6 Å². The van der Waals surface area contributed by atoms with Crippen LogP contribution in [0.15, 0.2) is 24.3 Å². The maximum absolute atomic E-state index is 12.0. The molecular formula is C15H18ClN3O. The van der Waals surface area contributed by atoms with Gasteiger partial charge in [-0.05, 0) is 44.5 Å². The fourth-order valence-corrected chi connectivity index (χ4v) is 2.22. The van der Waals surface area contributed by atoms with Crippen LogP contribution in [0.5, 0.6) is 0 Å². The fourth-order valence-electron chi connectivity index (χ4n) is 2.05. The molecule has 106 valence electrons. The zero-order valence-corrected chi connectivity index (χ0v) is 12.7. The number of aryl methyl sites for hydroxylation is 4. The first-order valence-corrected chi connectivity index (χ1v) is 6.90. The van der Waals surface area contributed by atoms with E-state index in [1.54, 1.807) is 6.07 Å². The Morgan fingerprint density at radius 1 is 1.30 bits per heavy atom. The summed E-state index contributed by atoms with van der Waals surface area (Å²) in [6.07, 6.45) is 0.383. The lowest BCUT2D eigenvalue weighted by Gasteiger charge is -2.09. The number of carbonyl (C=O) groups is 1. The van der Waals surface area contributed by atoms with E-state index in [1.165, 1.54) is 0 Å². The zero-order valence-electron chi connectivity index (χ0n) is 11.9. The van der Waals surface area contributed by atoms with Crippen LogP contribution in [-0.4, -0.2) is 15.7 Å². The first-order chi connectivity index (χ1) is 9.45. The van der Waals surface area contributed by atoms with Gasteiger partial charge in [0.25, 0.3) is 0 Å². The summed E-state index contributed by atoms with van der Waals surface area (Å²) in [5.41, 5.74) is 3.78. The Bertz CT molecular complexity index is 634. The normalized spacial score (nSPS) is 10.6. The van der Waals surface area contributed by atoms with E-state index in [2.05, 4.69) is 10.4 Å². The van der Waals surface area contributed by atoms with Crippen LogP contribution in [0, 0.1) is 20.8 Å². The maximum atomic E-state index is 12.0. The average molecular weight is 292 g/mol. The van der Waals surface area contributed by atoms with E-state index < -0.39 is 0 Å². The van der Waals surface area contributed by atoms with Gasteiger partial charge in [-0.15, -0.1) is 0 Å². The van der Waals surface area contributed by atoms with Crippen molar-refractivity contribution in [1.29, 1.82) is 0 Å². The van der Waals surface area contributed by atoms with Crippen LogP contribution >= 0.6 is 11.6 Å². The van der Waals surface area contributed by atoms with Gasteiger partial charge >= 0.3 is 0 Å². The second kappa shape index (κ2) is 6.09. The summed E-state index contributed by atoms with van der Waals surface area (Å²) in [4.78, 5) is 12.0. The first kappa shape index (κ1) is 14.6. The van der Waals surface area contributed by atoms with Crippen LogP contribution in [0.1, 0.15) is 23.4 Å². The van der Waals surface area contributed by atoms with E-state index in [1.807, 2.05) is 43.7 Å². The number of carbonyl (C=O) groups excluding carboxylic acids is 1. The summed E-state index contributed by atoms with van der Waals surface area (Å²) < 4.78 is 1.85. The van der Waals surface area contributed by atoms with E-state index in [0.29, 0.717) is 18.0 Å². The molecule has 1 N–H and O–H groups in total. The van der Waals surface area contributed by atoms with Crippen molar-refractivity contribution in [2.75, 3.05) is 5.32 Å². The molecule has 0 spiro atoms. The Balaban J connectivity index is 1.96. The molecule has 0 bridgehead atoms. The van der Waals surface area contributed by atoms with Gasteiger partial charge in [-0.3, -0.25) is 9.48 Å². The molecule has 0 fully saturated rings. The van der Waals surface area contributed by atoms with Gasteiger partial charge in [0.1, 0.15) is 0 Å². The molecule has 0 saturated heterocycles. The summed E-state index contributed by atoms with van der Waals surface area (Å²) in [7, 11) is 0. The number of anilines is 1. The van der Waals surface area contributed by atoms with Crippen molar-refractivity contribution in [2.45, 2.75) is 33.7 Å². The maximum Gasteiger partial charge on any atom is 0.226 e. The Labute approximate surface area is 123 Å². The van der Waals surface area contributed by atoms with Crippen LogP contribution < -0.4 is 5.32 Å². The molecule has 20 heavy (non-hydrogen) atoms. The third-order valence-electron chi connectivity index (χ3n) is 3.13. The average Bonchev–Trinajstić information content (AvgIpc) is 2.70. The molecule has 1 heterocycles. The number of nitrogens with zero attached hydrogens (tertiary/aromatic N) is 2. The Kier molecular flexibility index (Phi) is 4.45. The number of amides is 1. The Morgan fingerprint density at radius 3 is 2.70 bits per heavy atom. The summed E-state index contributed by atoms with van der Waals surface area (Å²) in [5, 5.41) is 7.83. The molecule has 0 aliphatic rings. The molecule has 0 aliphatic heterocycles. The molecule has 0 radical (unpaired) electrons. The standard InChI is InChI=1S/C15H18ClN3O/c1-10-4-5-13(16)9-14(10)17-15(20)6-7-19-12(3)8-11(2)18-19/h4-5,8-9H,6-7H2,1-3H3,(H,17,20). The second-order valence-electron chi connectivity index (χ2n) is 4.91. The molecule has 2 aromatic rings. The van der Waals surface area contributed by atoms with Crippen molar-refractivity contribution in [2.24, 2.45) is 0 Å². The summed E-state index contributed by atoms with van der Waals surface area (Å²) in [6.45, 7) is 6.44. The van der Waals surface area contributed by atoms with Gasteiger partial charge in [-0.25, -0.2) is 0 Å². The predicted molar refractivity (Wildman–Crippen MR) is 81.1 cm³/mol. The molecule has 5 heteroatoms. The van der Waals surface area contributed by atoms with Crippen LogP contribution in [0.2, 0.25) is 5.02 Å². The highest BCUT2D eigenvalue weighted by molar-refractivity contribution is 6.31. The lowest BCUT2D eigenvalue weighted by molar-refractivity contribution is -0.116. The van der Waals surface area contributed by atoms with Crippen LogP contribution in [-0.2, 0) is 11.3 Å². The highest BCUT2D eigenvalue weighted by Gasteiger charge is 2.07. The topological polar surface area (TPSA) is 46.9 Å². The van der Waals surface area contributed by atoms with Crippen molar-refractivity contribution in [3.63, 3.8) is 0 Å². The third-order valence-corrected chi connectivity index (χ3v) is 3.36. The highest BCUT2D eigenvalue weighted by Crippen LogP contribution is 2.20. The molecule has 1 aromatic heterocycles. The van der Waals surface area contributed by atoms with Gasteiger partial charge in [0, 0.05) is 29.4 Å². The Morgan fingerprint density at radius 2 is 2.05 bits per heavy atom. The number of hydrogen-bond acceptors (Lipinski definition) is 2. The monoisotopic (exact) mass is 291 g/mol.